The van der Waals surface area contributed by atoms with Crippen LogP contribution in [-0.4, -0.2) is 35.3 Å². The minimum absolute atomic E-state index is 0.0133. The quantitative estimate of drug-likeness (QED) is 0.942. The molecule has 1 N–H and O–H groups in total. The molecule has 23 heavy (non-hydrogen) atoms. The maximum absolute atomic E-state index is 12.5. The molecule has 1 aromatic heterocycles. The molecule has 0 saturated carbocycles. The lowest BCUT2D eigenvalue weighted by atomic mass is 10.00. The summed E-state index contributed by atoms with van der Waals surface area (Å²) in [6.07, 6.45) is 3.64. The second kappa shape index (κ2) is 6.60. The third-order valence-corrected chi connectivity index (χ3v) is 4.02. The molecule has 1 aromatic carbocycles. The first-order chi connectivity index (χ1) is 11.1. The lowest BCUT2D eigenvalue weighted by Crippen LogP contribution is -2.29. The molecule has 0 unspecified atom stereocenters. The average Bonchev–Trinajstić information content (AvgIpc) is 2.59. The molecule has 0 saturated heterocycles. The van der Waals surface area contributed by atoms with Gasteiger partial charge in [0.1, 0.15) is 0 Å². The number of aryl methyl sites for hydroxylation is 1. The van der Waals surface area contributed by atoms with Gasteiger partial charge < -0.3 is 10.2 Å². The first-order valence-electron chi connectivity index (χ1n) is 7.71. The van der Waals surface area contributed by atoms with E-state index in [9.17, 15) is 9.59 Å². The zero-order valence-corrected chi connectivity index (χ0v) is 13.1. The van der Waals surface area contributed by atoms with Crippen LogP contribution in [0.4, 0.5) is 5.69 Å². The highest BCUT2D eigenvalue weighted by molar-refractivity contribution is 5.97. The number of likely N-dealkylation sites (N-methyl/N-ethyl adjacent to an activating group) is 1. The molecule has 1 aliphatic heterocycles. The number of rotatable bonds is 4. The zero-order chi connectivity index (χ0) is 16.2. The summed E-state index contributed by atoms with van der Waals surface area (Å²) < 4.78 is 0. The van der Waals surface area contributed by atoms with E-state index in [0.717, 1.165) is 23.4 Å². The van der Waals surface area contributed by atoms with Gasteiger partial charge in [-0.25, -0.2) is 0 Å². The van der Waals surface area contributed by atoms with Crippen LogP contribution in [0.3, 0.4) is 0 Å². The van der Waals surface area contributed by atoms with Crippen LogP contribution in [0, 0.1) is 0 Å². The summed E-state index contributed by atoms with van der Waals surface area (Å²) >= 11 is 0. The SMILES string of the molecule is CN(CCc1ccccn1)C(=O)c1ccc2c(c1)CCC(=O)N2. The Bertz CT molecular complexity index is 728. The zero-order valence-electron chi connectivity index (χ0n) is 13.1. The Kier molecular flexibility index (Phi) is 4.37. The molecule has 2 amide bonds. The summed E-state index contributed by atoms with van der Waals surface area (Å²) in [6.45, 7) is 0.615. The van der Waals surface area contributed by atoms with E-state index >= 15 is 0 Å². The van der Waals surface area contributed by atoms with Gasteiger partial charge in [0.15, 0.2) is 0 Å². The fraction of sp³-hybridized carbons (Fsp3) is 0.278. The highest BCUT2D eigenvalue weighted by Gasteiger charge is 2.18. The number of nitrogens with one attached hydrogen (secondary N) is 1. The van der Waals surface area contributed by atoms with Crippen LogP contribution in [0.5, 0.6) is 0 Å². The first-order valence-corrected chi connectivity index (χ1v) is 7.71. The molecule has 3 rings (SSSR count). The smallest absolute Gasteiger partial charge is 0.253 e. The Morgan fingerprint density at radius 3 is 2.91 bits per heavy atom. The van der Waals surface area contributed by atoms with Crippen LogP contribution in [0.25, 0.3) is 0 Å². The minimum Gasteiger partial charge on any atom is -0.341 e. The van der Waals surface area contributed by atoms with E-state index in [1.165, 1.54) is 0 Å². The Morgan fingerprint density at radius 2 is 2.13 bits per heavy atom. The fourth-order valence-electron chi connectivity index (χ4n) is 2.67. The topological polar surface area (TPSA) is 62.3 Å². The molecule has 5 nitrogen and oxygen atoms in total. The van der Waals surface area contributed by atoms with Crippen molar-refractivity contribution in [3.63, 3.8) is 0 Å². The van der Waals surface area contributed by atoms with Gasteiger partial charge in [-0.15, -0.1) is 0 Å². The fourth-order valence-corrected chi connectivity index (χ4v) is 2.67. The van der Waals surface area contributed by atoms with Crippen LogP contribution in [0.2, 0.25) is 0 Å². The van der Waals surface area contributed by atoms with Gasteiger partial charge in [-0.2, -0.15) is 0 Å². The standard InChI is InChI=1S/C18H19N3O2/c1-21(11-9-15-4-2-3-10-19-15)18(23)14-5-7-16-13(12-14)6-8-17(22)20-16/h2-5,7,10,12H,6,8-9,11H2,1H3,(H,20,22). The number of hydrogen-bond donors (Lipinski definition) is 1. The highest BCUT2D eigenvalue weighted by Crippen LogP contribution is 2.24. The van der Waals surface area contributed by atoms with Gasteiger partial charge in [0.2, 0.25) is 5.91 Å². The molecule has 2 aromatic rings. The summed E-state index contributed by atoms with van der Waals surface area (Å²) in [5, 5.41) is 2.83. The normalized spacial score (nSPS) is 13.2. The third-order valence-electron chi connectivity index (χ3n) is 4.02. The number of hydrogen-bond acceptors (Lipinski definition) is 3. The number of anilines is 1. The summed E-state index contributed by atoms with van der Waals surface area (Å²) in [6, 6.07) is 11.2. The molecule has 2 heterocycles. The van der Waals surface area contributed by atoms with Crippen molar-refractivity contribution in [3.05, 3.63) is 59.4 Å². The molecule has 0 aliphatic carbocycles. The molecule has 0 bridgehead atoms. The maximum atomic E-state index is 12.5. The van der Waals surface area contributed by atoms with Crippen molar-refractivity contribution in [1.29, 1.82) is 0 Å². The van der Waals surface area contributed by atoms with E-state index in [0.29, 0.717) is 24.9 Å². The molecular formula is C18H19N3O2. The Balaban J connectivity index is 1.66. The average molecular weight is 309 g/mol. The van der Waals surface area contributed by atoms with Gasteiger partial charge in [0.05, 0.1) is 0 Å². The van der Waals surface area contributed by atoms with Gasteiger partial charge in [-0.1, -0.05) is 6.07 Å². The van der Waals surface area contributed by atoms with Gasteiger partial charge in [-0.3, -0.25) is 14.6 Å². The van der Waals surface area contributed by atoms with Crippen LogP contribution in [-0.2, 0) is 17.6 Å². The van der Waals surface area contributed by atoms with E-state index < -0.39 is 0 Å². The lowest BCUT2D eigenvalue weighted by molar-refractivity contribution is -0.116. The van der Waals surface area contributed by atoms with Gasteiger partial charge in [0, 0.05) is 49.6 Å². The number of carbonyl (C=O) groups is 2. The van der Waals surface area contributed by atoms with Crippen LogP contribution in [0.1, 0.15) is 28.0 Å². The van der Waals surface area contributed by atoms with E-state index in [-0.39, 0.29) is 11.8 Å². The largest absolute Gasteiger partial charge is 0.341 e. The second-order valence-corrected chi connectivity index (χ2v) is 5.72. The Labute approximate surface area is 135 Å². The van der Waals surface area contributed by atoms with Gasteiger partial charge in [0.25, 0.3) is 5.91 Å². The van der Waals surface area contributed by atoms with Crippen molar-refractivity contribution in [1.82, 2.24) is 9.88 Å². The van der Waals surface area contributed by atoms with Crippen LogP contribution >= 0.6 is 0 Å². The van der Waals surface area contributed by atoms with E-state index in [2.05, 4.69) is 10.3 Å². The molecule has 0 atom stereocenters. The molecule has 0 radical (unpaired) electrons. The molecular weight excluding hydrogens is 290 g/mol. The lowest BCUT2D eigenvalue weighted by Gasteiger charge is -2.20. The molecule has 5 heteroatoms. The third kappa shape index (κ3) is 3.56. The summed E-state index contributed by atoms with van der Waals surface area (Å²) in [7, 11) is 1.80. The summed E-state index contributed by atoms with van der Waals surface area (Å²) in [4.78, 5) is 29.9. The monoisotopic (exact) mass is 309 g/mol. The van der Waals surface area contributed by atoms with Crippen molar-refractivity contribution in [3.8, 4) is 0 Å². The van der Waals surface area contributed by atoms with Crippen LogP contribution in [0.15, 0.2) is 42.6 Å². The molecule has 118 valence electrons. The number of pyridine rings is 1. The summed E-state index contributed by atoms with van der Waals surface area (Å²) in [5.74, 6) is 0.0182. The van der Waals surface area contributed by atoms with Crippen LogP contribution < -0.4 is 5.32 Å². The summed E-state index contributed by atoms with van der Waals surface area (Å²) in [5.41, 5.74) is 3.46. The van der Waals surface area contributed by atoms with Crippen molar-refractivity contribution in [2.24, 2.45) is 0 Å². The highest BCUT2D eigenvalue weighted by atomic mass is 16.2. The number of amides is 2. The molecule has 0 fully saturated rings. The molecule has 1 aliphatic rings. The number of nitrogens with zero attached hydrogens (tertiary/aromatic N) is 2. The van der Waals surface area contributed by atoms with Gasteiger partial charge >= 0.3 is 0 Å². The first kappa shape index (κ1) is 15.2. The van der Waals surface area contributed by atoms with Crippen molar-refractivity contribution >= 4 is 17.5 Å². The van der Waals surface area contributed by atoms with Crippen molar-refractivity contribution < 1.29 is 9.59 Å². The Hall–Kier alpha value is -2.69. The number of benzene rings is 1. The predicted octanol–water partition coefficient (Wildman–Crippen LogP) is 2.28. The number of carbonyl (C=O) groups excluding carboxylic acids is 2. The predicted molar refractivity (Wildman–Crippen MR) is 88.3 cm³/mol. The van der Waals surface area contributed by atoms with Crippen molar-refractivity contribution in [2.75, 3.05) is 18.9 Å². The minimum atomic E-state index is -0.0133. The Morgan fingerprint density at radius 1 is 1.26 bits per heavy atom. The van der Waals surface area contributed by atoms with Crippen molar-refractivity contribution in [2.45, 2.75) is 19.3 Å². The maximum Gasteiger partial charge on any atom is 0.253 e. The van der Waals surface area contributed by atoms with E-state index in [4.69, 9.17) is 0 Å². The second-order valence-electron chi connectivity index (χ2n) is 5.72. The molecule has 0 spiro atoms. The van der Waals surface area contributed by atoms with E-state index in [1.54, 1.807) is 24.2 Å². The van der Waals surface area contributed by atoms with E-state index in [1.807, 2.05) is 30.3 Å². The number of aromatic nitrogens is 1. The number of fused-ring (bicyclic) bond motifs is 1. The van der Waals surface area contributed by atoms with Gasteiger partial charge in [-0.05, 0) is 42.3 Å².